The third-order valence-electron chi connectivity index (χ3n) is 4.32. The smallest absolute Gasteiger partial charge is 0.855 e. The predicted octanol–water partition coefficient (Wildman–Crippen LogP) is 2.74. The summed E-state index contributed by atoms with van der Waals surface area (Å²) >= 11 is 2.56. The van der Waals surface area contributed by atoms with E-state index in [4.69, 9.17) is 25.9 Å². The fraction of sp³-hybridized carbons (Fsp3) is 0.152. The van der Waals surface area contributed by atoms with Crippen LogP contribution >= 0.6 is 23.5 Å². The summed E-state index contributed by atoms with van der Waals surface area (Å²) in [6.45, 7) is 3.50. The van der Waals surface area contributed by atoms with E-state index in [1.807, 2.05) is 66.7 Å². The molecule has 0 bridgehead atoms. The van der Waals surface area contributed by atoms with E-state index in [9.17, 15) is 9.90 Å². The summed E-state index contributed by atoms with van der Waals surface area (Å²) in [5.74, 6) is 0.543. The average molecular weight is 641 g/mol. The van der Waals surface area contributed by atoms with Crippen LogP contribution < -0.4 is 39.4 Å². The minimum atomic E-state index is 0. The molecule has 1 heterocycles. The molecule has 0 aliphatic rings. The Labute approximate surface area is 290 Å². The van der Waals surface area contributed by atoms with Crippen LogP contribution in [-0.4, -0.2) is 40.7 Å². The van der Waals surface area contributed by atoms with Crippen LogP contribution in [-0.2, 0) is 0 Å². The van der Waals surface area contributed by atoms with Crippen molar-refractivity contribution in [2.24, 2.45) is 0 Å². The molecule has 0 amide bonds. The zero-order valence-electron chi connectivity index (χ0n) is 25.0. The number of phenolic OH excluding ortho intramolecular Hbond substituents is 1. The number of nitriles is 2. The van der Waals surface area contributed by atoms with Gasteiger partial charge in [-0.3, -0.25) is 10.0 Å². The van der Waals surface area contributed by atoms with E-state index in [-0.39, 0.29) is 48.5 Å². The normalized spacial score (nSPS) is 9.09. The Balaban J connectivity index is 0. The number of nitrogens with zero attached hydrogens (tertiary/aromatic N) is 3. The Bertz CT molecular complexity index is 1410. The van der Waals surface area contributed by atoms with Crippen LogP contribution in [0.4, 0.5) is 0 Å². The van der Waals surface area contributed by atoms with Gasteiger partial charge in [-0.05, 0) is 48.5 Å². The van der Waals surface area contributed by atoms with Gasteiger partial charge in [-0.25, -0.2) is 0 Å². The molecule has 0 aliphatic carbocycles. The molecule has 0 radical (unpaired) electrons. The summed E-state index contributed by atoms with van der Waals surface area (Å²) in [5.41, 5.74) is 1.70. The van der Waals surface area contributed by atoms with E-state index in [2.05, 4.69) is 6.07 Å². The summed E-state index contributed by atoms with van der Waals surface area (Å²) in [6.07, 6.45) is 4.16. The van der Waals surface area contributed by atoms with Gasteiger partial charge in [-0.2, -0.15) is 10.5 Å². The van der Waals surface area contributed by atoms with Crippen molar-refractivity contribution in [1.29, 1.82) is 10.5 Å². The molecule has 3 aromatic carbocycles. The zero-order valence-corrected chi connectivity index (χ0v) is 28.6. The molecule has 4 aromatic rings. The Morgan fingerprint density at radius 3 is 1.84 bits per heavy atom. The first-order valence-corrected chi connectivity index (χ1v) is 14.7. The number of allylic oxidation sites excluding steroid dienone is 1. The Hall–Kier alpha value is -3.58. The van der Waals surface area contributed by atoms with Gasteiger partial charge in [0.1, 0.15) is 18.1 Å². The van der Waals surface area contributed by atoms with Crippen LogP contribution in [0.3, 0.4) is 0 Å². The minimum Gasteiger partial charge on any atom is -0.855 e. The number of aromatic hydroxyl groups is 1. The second kappa shape index (κ2) is 29.5. The quantitative estimate of drug-likeness (QED) is 0.0722. The maximum Gasteiger partial charge on any atom is 1.00 e. The van der Waals surface area contributed by atoms with Crippen molar-refractivity contribution in [2.45, 2.75) is 23.8 Å². The summed E-state index contributed by atoms with van der Waals surface area (Å²) in [7, 11) is 0. The number of aromatic nitrogens is 1. The number of carbonyl (C=O) groups is 1. The summed E-state index contributed by atoms with van der Waals surface area (Å²) in [5, 5.41) is 53.3. The third-order valence-corrected chi connectivity index (χ3v) is 6.20. The summed E-state index contributed by atoms with van der Waals surface area (Å²) in [6, 6.07) is 35.1. The van der Waals surface area contributed by atoms with Gasteiger partial charge in [-0.15, -0.1) is 6.61 Å². The van der Waals surface area contributed by atoms with Crippen LogP contribution in [0.1, 0.15) is 29.8 Å². The number of hydrogen-bond donors (Lipinski definition) is 3. The van der Waals surface area contributed by atoms with E-state index in [0.29, 0.717) is 20.6 Å². The molecule has 0 saturated heterocycles. The van der Waals surface area contributed by atoms with Gasteiger partial charge in [-0.1, -0.05) is 91.5 Å². The Kier molecular flexibility index (Phi) is 28.5. The van der Waals surface area contributed by atoms with Crippen LogP contribution in [0, 0.1) is 22.7 Å². The largest absolute Gasteiger partial charge is 1.00 e. The third kappa shape index (κ3) is 21.2. The molecule has 0 unspecified atom stereocenters. The first kappa shape index (κ1) is 42.6. The molecule has 0 fully saturated rings. The first-order valence-electron chi connectivity index (χ1n) is 12.9. The van der Waals surface area contributed by atoms with E-state index < -0.39 is 0 Å². The van der Waals surface area contributed by atoms with E-state index >= 15 is 0 Å². The van der Waals surface area contributed by atoms with Gasteiger partial charge in [0.05, 0.1) is 21.6 Å². The van der Waals surface area contributed by atoms with Gasteiger partial charge >= 0.3 is 29.6 Å². The van der Waals surface area contributed by atoms with Crippen LogP contribution in [0.25, 0.3) is 6.08 Å². The SMILES string of the molecule is CCO.CC[O-].N#CC(=Cc1ccccc1)Sc1ccccc1O.N#CCSc1cccc[n+]1O.O=Cc1ccccc1.[Na+]. The van der Waals surface area contributed by atoms with Crippen LogP contribution in [0.2, 0.25) is 0 Å². The maximum atomic E-state index is 10.0. The molecule has 8 nitrogen and oxygen atoms in total. The number of thioether (sulfide) groups is 2. The topological polar surface area (TPSA) is 152 Å². The molecule has 0 atom stereocenters. The van der Waals surface area contributed by atoms with Gasteiger partial charge < -0.3 is 15.3 Å². The minimum absolute atomic E-state index is 0. The van der Waals surface area contributed by atoms with Gasteiger partial charge in [0.15, 0.2) is 0 Å². The number of para-hydroxylation sites is 1. The van der Waals surface area contributed by atoms with Crippen molar-refractivity contribution < 1.29 is 59.6 Å². The molecule has 224 valence electrons. The fourth-order valence-electron chi connectivity index (χ4n) is 2.62. The number of pyridine rings is 1. The molecule has 0 saturated carbocycles. The standard InChI is InChI=1S/C15H11NOS.C7H7N2OS.C7H6O.C2H6O.C2H5O.Na/c16-11-13(10-12-6-2-1-3-7-12)18-15-9-5-4-8-14(15)17;8-4-6-11-7-3-1-2-5-9(7)10;8-6-7-4-2-1-3-5-7;2*1-2-3;/h1-10,17H;1-3,5,10H,6H2;1-6H;3H,2H2,1H3;2H2,1H3;/q;+1;;;-1;+1. The van der Waals surface area contributed by atoms with Crippen molar-refractivity contribution in [3.63, 3.8) is 0 Å². The van der Waals surface area contributed by atoms with E-state index in [0.717, 1.165) is 22.1 Å². The number of aldehydes is 1. The van der Waals surface area contributed by atoms with E-state index in [1.54, 1.807) is 62.4 Å². The monoisotopic (exact) mass is 640 g/mol. The number of benzene rings is 3. The number of carbonyl (C=O) groups excluding carboxylic acids is 1. The number of aliphatic hydroxyl groups excluding tert-OH is 1. The molecule has 11 heteroatoms. The van der Waals surface area contributed by atoms with Gasteiger partial charge in [0.25, 0.3) is 5.03 Å². The van der Waals surface area contributed by atoms with Crippen molar-refractivity contribution in [3.8, 4) is 17.9 Å². The van der Waals surface area contributed by atoms with Crippen molar-refractivity contribution >= 4 is 35.9 Å². The Morgan fingerprint density at radius 1 is 0.886 bits per heavy atom. The molecule has 0 spiro atoms. The van der Waals surface area contributed by atoms with Crippen molar-refractivity contribution in [3.05, 3.63) is 125 Å². The number of phenols is 1. The summed E-state index contributed by atoms with van der Waals surface area (Å²) < 4.78 is 1.00. The molecular weight excluding hydrogens is 606 g/mol. The second-order valence-electron chi connectivity index (χ2n) is 7.56. The molecule has 0 aliphatic heterocycles. The Morgan fingerprint density at radius 2 is 1.39 bits per heavy atom. The average Bonchev–Trinajstić information content (AvgIpc) is 3.04. The fourth-order valence-corrected chi connectivity index (χ4v) is 4.00. The number of hydrogen-bond acceptors (Lipinski definition) is 9. The molecule has 1 aromatic heterocycles. The first-order chi connectivity index (χ1) is 20.9. The van der Waals surface area contributed by atoms with Crippen molar-refractivity contribution in [2.75, 3.05) is 19.0 Å². The molecular formula is C33H35N3NaO5S2+. The molecule has 44 heavy (non-hydrogen) atoms. The summed E-state index contributed by atoms with van der Waals surface area (Å²) in [4.78, 5) is 11.2. The van der Waals surface area contributed by atoms with Crippen LogP contribution in [0.15, 0.2) is 124 Å². The molecule has 4 rings (SSSR count). The molecule has 3 N–H and O–H groups in total. The second-order valence-corrected chi connectivity index (χ2v) is 9.64. The number of aliphatic hydroxyl groups is 1. The number of rotatable bonds is 6. The van der Waals surface area contributed by atoms with Crippen molar-refractivity contribution in [1.82, 2.24) is 0 Å². The zero-order chi connectivity index (χ0) is 32.1. The van der Waals surface area contributed by atoms with Gasteiger partial charge in [0, 0.05) is 29.0 Å². The van der Waals surface area contributed by atoms with E-state index in [1.165, 1.54) is 29.7 Å². The van der Waals surface area contributed by atoms with Crippen LogP contribution in [0.5, 0.6) is 5.75 Å². The maximum absolute atomic E-state index is 10.0. The predicted molar refractivity (Wildman–Crippen MR) is 169 cm³/mol. The van der Waals surface area contributed by atoms with Gasteiger partial charge in [0.2, 0.25) is 6.20 Å².